The average Bonchev–Trinajstić information content (AvgIpc) is 3.16. The van der Waals surface area contributed by atoms with Gasteiger partial charge >= 0.3 is 0 Å². The average molecular weight is 420 g/mol. The van der Waals surface area contributed by atoms with E-state index in [-0.39, 0.29) is 0 Å². The van der Waals surface area contributed by atoms with Crippen molar-refractivity contribution in [2.75, 3.05) is 45.2 Å². The van der Waals surface area contributed by atoms with E-state index in [1.165, 1.54) is 23.5 Å². The fourth-order valence-corrected chi connectivity index (χ4v) is 5.16. The van der Waals surface area contributed by atoms with Crippen LogP contribution in [-0.2, 0) is 19.5 Å². The van der Waals surface area contributed by atoms with Crippen LogP contribution in [0, 0.1) is 0 Å². The molecule has 5 rings (SSSR count). The number of aryl methyl sites for hydroxylation is 1. The maximum absolute atomic E-state index is 6.29. The number of likely N-dealkylation sites (N-methyl/N-ethyl adjacent to an activating group) is 1. The second kappa shape index (κ2) is 8.57. The molecule has 164 valence electrons. The third kappa shape index (κ3) is 3.82. The molecule has 0 amide bonds. The first-order valence-electron chi connectivity index (χ1n) is 11.4. The summed E-state index contributed by atoms with van der Waals surface area (Å²) in [6.45, 7) is 5.46. The zero-order valence-electron chi connectivity index (χ0n) is 18.7. The van der Waals surface area contributed by atoms with Crippen molar-refractivity contribution in [3.8, 4) is 0 Å². The molecule has 3 aromatic rings. The molecule has 1 unspecified atom stereocenters. The van der Waals surface area contributed by atoms with Gasteiger partial charge in [0.05, 0.1) is 23.1 Å². The van der Waals surface area contributed by atoms with Crippen molar-refractivity contribution in [1.82, 2.24) is 24.2 Å². The first-order chi connectivity index (χ1) is 15.2. The Morgan fingerprint density at radius 1 is 1.13 bits per heavy atom. The molecule has 1 fully saturated rings. The van der Waals surface area contributed by atoms with Gasteiger partial charge in [-0.25, -0.2) is 4.98 Å². The number of nitrogens with two attached hydrogens (primary N) is 1. The summed E-state index contributed by atoms with van der Waals surface area (Å²) in [5.41, 5.74) is 12.1. The van der Waals surface area contributed by atoms with Crippen molar-refractivity contribution in [3.63, 3.8) is 0 Å². The number of fused-ring (bicyclic) bond motifs is 2. The van der Waals surface area contributed by atoms with Crippen molar-refractivity contribution < 1.29 is 0 Å². The van der Waals surface area contributed by atoms with Crippen LogP contribution in [0.25, 0.3) is 5.65 Å². The van der Waals surface area contributed by atoms with Crippen molar-refractivity contribution >= 4 is 11.5 Å². The van der Waals surface area contributed by atoms with E-state index in [0.717, 1.165) is 62.6 Å². The summed E-state index contributed by atoms with van der Waals surface area (Å²) >= 11 is 0. The Kier molecular flexibility index (Phi) is 5.65. The van der Waals surface area contributed by atoms with Gasteiger partial charge in [0.25, 0.3) is 0 Å². The standard InChI is InChI=1S/C24H33N7/c1-28-12-14-30(15-13-28)23-10-4-9-22-27-19(21(16-25)31(22)23)17-29(2)20-8-3-6-18-7-5-11-26-24(18)20/h4-5,7,9-11,20H,3,6,8,12-17,25H2,1-2H3. The molecule has 4 heterocycles. The third-order valence-corrected chi connectivity index (χ3v) is 6.92. The summed E-state index contributed by atoms with van der Waals surface area (Å²) in [5.74, 6) is 1.21. The molecule has 31 heavy (non-hydrogen) atoms. The number of pyridine rings is 2. The van der Waals surface area contributed by atoms with Gasteiger partial charge in [0.2, 0.25) is 0 Å². The summed E-state index contributed by atoms with van der Waals surface area (Å²) in [4.78, 5) is 17.0. The van der Waals surface area contributed by atoms with E-state index in [2.05, 4.69) is 63.5 Å². The number of hydrogen-bond acceptors (Lipinski definition) is 6. The molecule has 0 saturated carbocycles. The van der Waals surface area contributed by atoms with Crippen LogP contribution in [0.15, 0.2) is 36.5 Å². The summed E-state index contributed by atoms with van der Waals surface area (Å²) in [6, 6.07) is 11.0. The number of anilines is 1. The van der Waals surface area contributed by atoms with Crippen LogP contribution < -0.4 is 10.6 Å². The number of aromatic nitrogens is 3. The summed E-state index contributed by atoms with van der Waals surface area (Å²) < 4.78 is 2.28. The van der Waals surface area contributed by atoms with Gasteiger partial charge in [-0.15, -0.1) is 0 Å². The van der Waals surface area contributed by atoms with Gasteiger partial charge in [0, 0.05) is 45.5 Å². The normalized spacial score (nSPS) is 19.9. The molecule has 0 bridgehead atoms. The fraction of sp³-hybridized carbons (Fsp3) is 0.500. The van der Waals surface area contributed by atoms with Gasteiger partial charge < -0.3 is 15.5 Å². The van der Waals surface area contributed by atoms with Crippen LogP contribution in [0.3, 0.4) is 0 Å². The molecule has 2 aliphatic rings. The van der Waals surface area contributed by atoms with E-state index in [1.807, 2.05) is 6.20 Å². The van der Waals surface area contributed by atoms with Gasteiger partial charge in [-0.2, -0.15) is 0 Å². The predicted molar refractivity (Wildman–Crippen MR) is 124 cm³/mol. The van der Waals surface area contributed by atoms with Crippen molar-refractivity contribution in [1.29, 1.82) is 0 Å². The molecule has 7 heteroatoms. The minimum atomic E-state index is 0.331. The Labute approximate surface area is 184 Å². The molecule has 0 radical (unpaired) electrons. The molecule has 0 spiro atoms. The topological polar surface area (TPSA) is 65.9 Å². The number of piperazine rings is 1. The Balaban J connectivity index is 1.46. The summed E-state index contributed by atoms with van der Waals surface area (Å²) in [5, 5.41) is 0. The van der Waals surface area contributed by atoms with Crippen LogP contribution >= 0.6 is 0 Å². The minimum absolute atomic E-state index is 0.331. The number of rotatable bonds is 5. The van der Waals surface area contributed by atoms with Gasteiger partial charge in [-0.05, 0) is 57.1 Å². The zero-order valence-corrected chi connectivity index (χ0v) is 18.7. The monoisotopic (exact) mass is 419 g/mol. The quantitative estimate of drug-likeness (QED) is 0.685. The van der Waals surface area contributed by atoms with Crippen LogP contribution in [0.2, 0.25) is 0 Å². The van der Waals surface area contributed by atoms with E-state index in [4.69, 9.17) is 15.7 Å². The minimum Gasteiger partial charge on any atom is -0.355 e. The van der Waals surface area contributed by atoms with E-state index >= 15 is 0 Å². The van der Waals surface area contributed by atoms with Gasteiger partial charge in [0.15, 0.2) is 0 Å². The van der Waals surface area contributed by atoms with Crippen LogP contribution in [0.1, 0.15) is 41.5 Å². The lowest BCUT2D eigenvalue weighted by molar-refractivity contribution is 0.206. The molecule has 0 aromatic carbocycles. The summed E-state index contributed by atoms with van der Waals surface area (Å²) in [7, 11) is 4.38. The van der Waals surface area contributed by atoms with Gasteiger partial charge in [-0.1, -0.05) is 12.1 Å². The fourth-order valence-electron chi connectivity index (χ4n) is 5.16. The highest BCUT2D eigenvalue weighted by Gasteiger charge is 2.27. The lowest BCUT2D eigenvalue weighted by Gasteiger charge is -2.34. The van der Waals surface area contributed by atoms with E-state index in [0.29, 0.717) is 12.6 Å². The molecular weight excluding hydrogens is 386 g/mol. The molecule has 1 saturated heterocycles. The van der Waals surface area contributed by atoms with Crippen LogP contribution in [0.4, 0.5) is 5.82 Å². The maximum atomic E-state index is 6.29. The molecule has 1 atom stereocenters. The highest BCUT2D eigenvalue weighted by Crippen LogP contribution is 2.33. The third-order valence-electron chi connectivity index (χ3n) is 6.92. The lowest BCUT2D eigenvalue weighted by atomic mass is 9.91. The van der Waals surface area contributed by atoms with Crippen LogP contribution in [-0.4, -0.2) is 64.4 Å². The molecule has 1 aliphatic heterocycles. The first kappa shape index (κ1) is 20.4. The Morgan fingerprint density at radius 3 is 2.77 bits per heavy atom. The predicted octanol–water partition coefficient (Wildman–Crippen LogP) is 2.45. The largest absolute Gasteiger partial charge is 0.355 e. The van der Waals surface area contributed by atoms with Crippen molar-refractivity contribution in [2.45, 2.75) is 38.4 Å². The van der Waals surface area contributed by atoms with E-state index < -0.39 is 0 Å². The van der Waals surface area contributed by atoms with E-state index in [9.17, 15) is 0 Å². The first-order valence-corrected chi connectivity index (χ1v) is 11.4. The molecule has 1 aliphatic carbocycles. The Hall–Kier alpha value is -2.48. The lowest BCUT2D eigenvalue weighted by Crippen LogP contribution is -2.45. The van der Waals surface area contributed by atoms with Gasteiger partial charge in [-0.3, -0.25) is 14.3 Å². The Bertz CT molecular complexity index is 1050. The van der Waals surface area contributed by atoms with Crippen molar-refractivity contribution in [2.24, 2.45) is 5.73 Å². The number of imidazole rings is 1. The summed E-state index contributed by atoms with van der Waals surface area (Å²) in [6.07, 6.45) is 5.39. The number of hydrogen-bond donors (Lipinski definition) is 1. The van der Waals surface area contributed by atoms with Crippen molar-refractivity contribution in [3.05, 3.63) is 59.2 Å². The smallest absolute Gasteiger partial charge is 0.138 e. The molecule has 2 N–H and O–H groups in total. The maximum Gasteiger partial charge on any atom is 0.138 e. The highest BCUT2D eigenvalue weighted by atomic mass is 15.3. The SMILES string of the molecule is CN1CCN(c2cccc3nc(CN(C)C4CCCc5cccnc54)c(CN)n23)CC1. The Morgan fingerprint density at radius 2 is 1.97 bits per heavy atom. The second-order valence-corrected chi connectivity index (χ2v) is 8.95. The van der Waals surface area contributed by atoms with Gasteiger partial charge in [0.1, 0.15) is 11.5 Å². The zero-order chi connectivity index (χ0) is 21.4. The van der Waals surface area contributed by atoms with E-state index in [1.54, 1.807) is 0 Å². The highest BCUT2D eigenvalue weighted by molar-refractivity contribution is 5.55. The second-order valence-electron chi connectivity index (χ2n) is 8.95. The molecular formula is C24H33N7. The number of nitrogens with zero attached hydrogens (tertiary/aromatic N) is 6. The molecule has 7 nitrogen and oxygen atoms in total. The van der Waals surface area contributed by atoms with Crippen LogP contribution in [0.5, 0.6) is 0 Å². The molecule has 3 aromatic heterocycles.